The van der Waals surface area contributed by atoms with Gasteiger partial charge in [0.05, 0.1) is 5.54 Å². The Labute approximate surface area is 66.3 Å². The number of hydrogen-bond donors (Lipinski definition) is 2. The zero-order valence-electron chi connectivity index (χ0n) is 6.60. The van der Waals surface area contributed by atoms with Crippen LogP contribution in [-0.4, -0.2) is 17.5 Å². The van der Waals surface area contributed by atoms with E-state index in [0.29, 0.717) is 6.04 Å². The predicted molar refractivity (Wildman–Crippen MR) is 41.9 cm³/mol. The minimum absolute atomic E-state index is 0.157. The van der Waals surface area contributed by atoms with Crippen LogP contribution in [0.2, 0.25) is 0 Å². The molecule has 0 radical (unpaired) electrons. The minimum Gasteiger partial charge on any atom is -0.368 e. The van der Waals surface area contributed by atoms with E-state index in [1.807, 2.05) is 0 Å². The highest BCUT2D eigenvalue weighted by molar-refractivity contribution is 5.85. The topological polar surface area (TPSA) is 55.1 Å². The van der Waals surface area contributed by atoms with Gasteiger partial charge >= 0.3 is 0 Å². The summed E-state index contributed by atoms with van der Waals surface area (Å²) in [6.07, 6.45) is 5.46. The number of nitrogens with two attached hydrogens (primary N) is 1. The second-order valence-electron chi connectivity index (χ2n) is 3.72. The van der Waals surface area contributed by atoms with Crippen LogP contribution in [0, 0.1) is 0 Å². The molecule has 3 N–H and O–H groups in total. The Kier molecular flexibility index (Phi) is 1.42. The molecule has 0 aromatic carbocycles. The highest BCUT2D eigenvalue weighted by Crippen LogP contribution is 2.35. The van der Waals surface area contributed by atoms with E-state index in [1.165, 1.54) is 12.8 Å². The third kappa shape index (κ3) is 1.13. The van der Waals surface area contributed by atoms with Crippen LogP contribution in [0.1, 0.15) is 32.1 Å². The van der Waals surface area contributed by atoms with Crippen molar-refractivity contribution < 1.29 is 4.79 Å². The third-order valence-electron chi connectivity index (χ3n) is 2.74. The van der Waals surface area contributed by atoms with Gasteiger partial charge in [0.1, 0.15) is 0 Å². The molecule has 11 heavy (non-hydrogen) atoms. The summed E-state index contributed by atoms with van der Waals surface area (Å²) in [6.45, 7) is 0. The normalized spacial score (nSPS) is 27.6. The van der Waals surface area contributed by atoms with E-state index in [1.54, 1.807) is 0 Å². The lowest BCUT2D eigenvalue weighted by Gasteiger charge is -2.39. The first kappa shape index (κ1) is 7.10. The molecule has 2 aliphatic carbocycles. The summed E-state index contributed by atoms with van der Waals surface area (Å²) in [7, 11) is 0. The smallest absolute Gasteiger partial charge is 0.237 e. The zero-order valence-corrected chi connectivity index (χ0v) is 6.60. The van der Waals surface area contributed by atoms with Crippen LogP contribution in [0.3, 0.4) is 0 Å². The number of hydrogen-bond acceptors (Lipinski definition) is 2. The van der Waals surface area contributed by atoms with Crippen molar-refractivity contribution in [1.29, 1.82) is 0 Å². The molecule has 62 valence electrons. The van der Waals surface area contributed by atoms with E-state index in [2.05, 4.69) is 5.32 Å². The summed E-state index contributed by atoms with van der Waals surface area (Å²) in [5.41, 5.74) is 5.00. The Morgan fingerprint density at radius 1 is 1.45 bits per heavy atom. The Hall–Kier alpha value is -0.570. The largest absolute Gasteiger partial charge is 0.368 e. The molecule has 0 bridgehead atoms. The fourth-order valence-electron chi connectivity index (χ4n) is 1.61. The molecule has 1 amide bonds. The molecule has 2 fully saturated rings. The van der Waals surface area contributed by atoms with Crippen LogP contribution in [0.5, 0.6) is 0 Å². The summed E-state index contributed by atoms with van der Waals surface area (Å²) in [6, 6.07) is 0.586. The average molecular weight is 154 g/mol. The van der Waals surface area contributed by atoms with Crippen LogP contribution < -0.4 is 11.1 Å². The molecule has 2 aliphatic rings. The summed E-state index contributed by atoms with van der Waals surface area (Å²) in [4.78, 5) is 11.0. The number of carbonyl (C=O) groups is 1. The van der Waals surface area contributed by atoms with E-state index >= 15 is 0 Å². The fraction of sp³-hybridized carbons (Fsp3) is 0.875. The average Bonchev–Trinajstić information content (AvgIpc) is 2.60. The van der Waals surface area contributed by atoms with Crippen LogP contribution in [0.4, 0.5) is 0 Å². The molecule has 0 heterocycles. The van der Waals surface area contributed by atoms with Crippen molar-refractivity contribution in [2.45, 2.75) is 43.7 Å². The fourth-order valence-corrected chi connectivity index (χ4v) is 1.61. The number of amides is 1. The molecule has 3 heteroatoms. The molecule has 0 spiro atoms. The van der Waals surface area contributed by atoms with Crippen LogP contribution >= 0.6 is 0 Å². The predicted octanol–water partition coefficient (Wildman–Crippen LogP) is 0.146. The Bertz CT molecular complexity index is 183. The molecular formula is C8H14N2O. The van der Waals surface area contributed by atoms with Gasteiger partial charge in [-0.1, -0.05) is 0 Å². The van der Waals surface area contributed by atoms with Gasteiger partial charge in [-0.2, -0.15) is 0 Å². The number of nitrogens with one attached hydrogen (secondary N) is 1. The highest BCUT2D eigenvalue weighted by atomic mass is 16.1. The van der Waals surface area contributed by atoms with Crippen molar-refractivity contribution >= 4 is 5.91 Å². The van der Waals surface area contributed by atoms with Gasteiger partial charge in [0.15, 0.2) is 0 Å². The Morgan fingerprint density at radius 3 is 2.36 bits per heavy atom. The lowest BCUT2D eigenvalue weighted by molar-refractivity contribution is -0.127. The van der Waals surface area contributed by atoms with Gasteiger partial charge in [0.2, 0.25) is 5.91 Å². The quantitative estimate of drug-likeness (QED) is 0.607. The SMILES string of the molecule is NC(=O)C1(NC2CC2)CCC1. The van der Waals surface area contributed by atoms with Crippen LogP contribution in [0.25, 0.3) is 0 Å². The molecule has 2 rings (SSSR count). The van der Waals surface area contributed by atoms with E-state index in [-0.39, 0.29) is 11.4 Å². The monoisotopic (exact) mass is 154 g/mol. The molecule has 3 nitrogen and oxygen atoms in total. The highest BCUT2D eigenvalue weighted by Gasteiger charge is 2.45. The second-order valence-corrected chi connectivity index (χ2v) is 3.72. The van der Waals surface area contributed by atoms with Gasteiger partial charge in [-0.15, -0.1) is 0 Å². The second kappa shape index (κ2) is 2.21. The van der Waals surface area contributed by atoms with E-state index in [9.17, 15) is 4.79 Å². The molecule has 0 saturated heterocycles. The first-order chi connectivity index (χ1) is 5.23. The van der Waals surface area contributed by atoms with E-state index in [4.69, 9.17) is 5.73 Å². The van der Waals surface area contributed by atoms with E-state index in [0.717, 1.165) is 19.3 Å². The van der Waals surface area contributed by atoms with Crippen molar-refractivity contribution in [3.05, 3.63) is 0 Å². The van der Waals surface area contributed by atoms with Gasteiger partial charge in [0.25, 0.3) is 0 Å². The molecule has 0 aromatic heterocycles. The maximum absolute atomic E-state index is 11.0. The molecule has 0 aliphatic heterocycles. The van der Waals surface area contributed by atoms with Crippen molar-refractivity contribution in [3.8, 4) is 0 Å². The standard InChI is InChI=1S/C8H14N2O/c9-7(11)8(4-1-5-8)10-6-2-3-6/h6,10H,1-5H2,(H2,9,11). The van der Waals surface area contributed by atoms with Crippen molar-refractivity contribution in [2.24, 2.45) is 5.73 Å². The lowest BCUT2D eigenvalue weighted by atomic mass is 9.76. The number of primary amides is 1. The van der Waals surface area contributed by atoms with E-state index < -0.39 is 0 Å². The summed E-state index contributed by atoms with van der Waals surface area (Å²) in [5, 5.41) is 3.33. The molecule has 0 aromatic rings. The van der Waals surface area contributed by atoms with Crippen LogP contribution in [-0.2, 0) is 4.79 Å². The summed E-state index contributed by atoms with van der Waals surface area (Å²) < 4.78 is 0. The minimum atomic E-state index is -0.304. The summed E-state index contributed by atoms with van der Waals surface area (Å²) >= 11 is 0. The zero-order chi connectivity index (χ0) is 7.90. The molecular weight excluding hydrogens is 140 g/mol. The van der Waals surface area contributed by atoms with Gasteiger partial charge in [-0.05, 0) is 32.1 Å². The first-order valence-electron chi connectivity index (χ1n) is 4.31. The number of rotatable bonds is 3. The van der Waals surface area contributed by atoms with Gasteiger partial charge in [-0.25, -0.2) is 0 Å². The van der Waals surface area contributed by atoms with Gasteiger partial charge < -0.3 is 11.1 Å². The van der Waals surface area contributed by atoms with Gasteiger partial charge in [0, 0.05) is 6.04 Å². The van der Waals surface area contributed by atoms with Crippen molar-refractivity contribution in [1.82, 2.24) is 5.32 Å². The molecule has 0 unspecified atom stereocenters. The first-order valence-corrected chi connectivity index (χ1v) is 4.31. The molecule has 0 atom stereocenters. The molecule has 2 saturated carbocycles. The number of carbonyl (C=O) groups excluding carboxylic acids is 1. The Balaban J connectivity index is 1.97. The lowest BCUT2D eigenvalue weighted by Crippen LogP contribution is -2.60. The Morgan fingerprint density at radius 2 is 2.09 bits per heavy atom. The van der Waals surface area contributed by atoms with Crippen LogP contribution in [0.15, 0.2) is 0 Å². The summed E-state index contributed by atoms with van der Waals surface area (Å²) in [5.74, 6) is -0.157. The maximum atomic E-state index is 11.0. The maximum Gasteiger partial charge on any atom is 0.237 e. The van der Waals surface area contributed by atoms with Crippen molar-refractivity contribution in [3.63, 3.8) is 0 Å². The van der Waals surface area contributed by atoms with Crippen molar-refractivity contribution in [2.75, 3.05) is 0 Å². The third-order valence-corrected chi connectivity index (χ3v) is 2.74. The van der Waals surface area contributed by atoms with Gasteiger partial charge in [-0.3, -0.25) is 4.79 Å².